The lowest BCUT2D eigenvalue weighted by Crippen LogP contribution is -2.45. The van der Waals surface area contributed by atoms with Crippen LogP contribution in [0.2, 0.25) is 0 Å². The van der Waals surface area contributed by atoms with Gasteiger partial charge in [0.05, 0.1) is 19.0 Å². The third-order valence-corrected chi connectivity index (χ3v) is 3.28. The first kappa shape index (κ1) is 15.9. The molecule has 0 bridgehead atoms. The Hall–Kier alpha value is -1.08. The van der Waals surface area contributed by atoms with E-state index in [2.05, 4.69) is 32.6 Å². The topological polar surface area (TPSA) is 47.3 Å². The number of carbonyl (C=O) groups excluding carboxylic acids is 1. The summed E-state index contributed by atoms with van der Waals surface area (Å²) in [4.78, 5) is 15.5. The Labute approximate surface area is 105 Å². The lowest BCUT2D eigenvalue weighted by atomic mass is 9.87. The summed E-state index contributed by atoms with van der Waals surface area (Å²) in [5.74, 6) is 0.0684. The van der Waals surface area contributed by atoms with Crippen LogP contribution in [0.15, 0.2) is 0 Å². The van der Waals surface area contributed by atoms with Gasteiger partial charge in [0.2, 0.25) is 5.91 Å². The third kappa shape index (κ3) is 5.69. The highest BCUT2D eigenvalue weighted by molar-refractivity contribution is 5.78. The fourth-order valence-corrected chi connectivity index (χ4v) is 1.47. The van der Waals surface area contributed by atoms with Gasteiger partial charge in [-0.3, -0.25) is 9.69 Å². The summed E-state index contributed by atoms with van der Waals surface area (Å²) in [6, 6.07) is 2.38. The van der Waals surface area contributed by atoms with Crippen LogP contribution in [0, 0.1) is 16.7 Å². The second kappa shape index (κ2) is 6.61. The predicted molar refractivity (Wildman–Crippen MR) is 69.4 cm³/mol. The number of nitriles is 1. The van der Waals surface area contributed by atoms with Crippen LogP contribution in [0.3, 0.4) is 0 Å². The van der Waals surface area contributed by atoms with E-state index in [0.29, 0.717) is 25.6 Å². The van der Waals surface area contributed by atoms with Crippen molar-refractivity contribution in [3.8, 4) is 6.07 Å². The standard InChI is InChI=1S/C13H25N3O/c1-11(13(2,3)4)16(6)10-12(17)15(5)9-7-8-14/h11H,7,9-10H2,1-6H3. The molecular weight excluding hydrogens is 214 g/mol. The lowest BCUT2D eigenvalue weighted by Gasteiger charge is -2.35. The molecule has 0 aromatic carbocycles. The molecule has 0 rings (SSSR count). The number of amides is 1. The molecule has 98 valence electrons. The molecule has 0 saturated carbocycles. The van der Waals surface area contributed by atoms with Gasteiger partial charge in [-0.1, -0.05) is 20.8 Å². The van der Waals surface area contributed by atoms with Crippen LogP contribution >= 0.6 is 0 Å². The smallest absolute Gasteiger partial charge is 0.236 e. The molecule has 1 unspecified atom stereocenters. The zero-order valence-corrected chi connectivity index (χ0v) is 11.9. The normalized spacial score (nSPS) is 13.3. The second-order valence-corrected chi connectivity index (χ2v) is 5.68. The van der Waals surface area contributed by atoms with Crippen LogP contribution in [0.1, 0.15) is 34.1 Å². The van der Waals surface area contributed by atoms with Crippen molar-refractivity contribution < 1.29 is 4.79 Å². The lowest BCUT2D eigenvalue weighted by molar-refractivity contribution is -0.131. The summed E-state index contributed by atoms with van der Waals surface area (Å²) in [6.45, 7) is 9.53. The Morgan fingerprint density at radius 2 is 1.88 bits per heavy atom. The van der Waals surface area contributed by atoms with Crippen molar-refractivity contribution in [2.45, 2.75) is 40.2 Å². The van der Waals surface area contributed by atoms with Gasteiger partial charge in [-0.05, 0) is 19.4 Å². The SMILES string of the molecule is CC(N(C)CC(=O)N(C)CCC#N)C(C)(C)C. The summed E-state index contributed by atoms with van der Waals surface area (Å²) in [5.41, 5.74) is 0.153. The van der Waals surface area contributed by atoms with E-state index in [1.54, 1.807) is 11.9 Å². The quantitative estimate of drug-likeness (QED) is 0.734. The molecule has 0 N–H and O–H groups in total. The highest BCUT2D eigenvalue weighted by atomic mass is 16.2. The molecular formula is C13H25N3O. The Bertz CT molecular complexity index is 288. The Morgan fingerprint density at radius 3 is 2.29 bits per heavy atom. The molecule has 0 aliphatic heterocycles. The van der Waals surface area contributed by atoms with E-state index in [1.165, 1.54) is 0 Å². The van der Waals surface area contributed by atoms with E-state index in [4.69, 9.17) is 5.26 Å². The largest absolute Gasteiger partial charge is 0.344 e. The van der Waals surface area contributed by atoms with E-state index < -0.39 is 0 Å². The van der Waals surface area contributed by atoms with Gasteiger partial charge in [0.25, 0.3) is 0 Å². The minimum Gasteiger partial charge on any atom is -0.344 e. The van der Waals surface area contributed by atoms with Crippen molar-refractivity contribution in [2.24, 2.45) is 5.41 Å². The molecule has 0 fully saturated rings. The Kier molecular flexibility index (Phi) is 6.19. The molecule has 0 radical (unpaired) electrons. The molecule has 0 aliphatic rings. The average Bonchev–Trinajstić information content (AvgIpc) is 2.23. The van der Waals surface area contributed by atoms with Crippen LogP contribution < -0.4 is 0 Å². The number of likely N-dealkylation sites (N-methyl/N-ethyl adjacent to an activating group) is 2. The highest BCUT2D eigenvalue weighted by Gasteiger charge is 2.25. The zero-order valence-electron chi connectivity index (χ0n) is 11.9. The fraction of sp³-hybridized carbons (Fsp3) is 0.846. The van der Waals surface area contributed by atoms with E-state index in [0.717, 1.165) is 0 Å². The summed E-state index contributed by atoms with van der Waals surface area (Å²) < 4.78 is 0. The van der Waals surface area contributed by atoms with E-state index in [-0.39, 0.29) is 11.3 Å². The maximum Gasteiger partial charge on any atom is 0.236 e. The first-order valence-corrected chi connectivity index (χ1v) is 6.01. The molecule has 17 heavy (non-hydrogen) atoms. The first-order valence-electron chi connectivity index (χ1n) is 6.01. The number of hydrogen-bond donors (Lipinski definition) is 0. The molecule has 4 nitrogen and oxygen atoms in total. The third-order valence-electron chi connectivity index (χ3n) is 3.28. The van der Waals surface area contributed by atoms with Gasteiger partial charge in [0.1, 0.15) is 0 Å². The summed E-state index contributed by atoms with van der Waals surface area (Å²) in [7, 11) is 3.71. The van der Waals surface area contributed by atoms with Gasteiger partial charge in [-0.25, -0.2) is 0 Å². The van der Waals surface area contributed by atoms with Gasteiger partial charge in [-0.2, -0.15) is 5.26 Å². The van der Waals surface area contributed by atoms with Crippen LogP contribution in [0.25, 0.3) is 0 Å². The van der Waals surface area contributed by atoms with Gasteiger partial charge < -0.3 is 4.90 Å². The summed E-state index contributed by atoms with van der Waals surface area (Å²) in [6.07, 6.45) is 0.390. The minimum atomic E-state index is 0.0684. The van der Waals surface area contributed by atoms with E-state index >= 15 is 0 Å². The number of rotatable bonds is 5. The maximum absolute atomic E-state index is 11.9. The van der Waals surface area contributed by atoms with Crippen molar-refractivity contribution in [1.29, 1.82) is 5.26 Å². The molecule has 1 atom stereocenters. The van der Waals surface area contributed by atoms with E-state index in [1.807, 2.05) is 13.1 Å². The highest BCUT2D eigenvalue weighted by Crippen LogP contribution is 2.22. The van der Waals surface area contributed by atoms with Crippen molar-refractivity contribution in [1.82, 2.24) is 9.80 Å². The molecule has 4 heteroatoms. The van der Waals surface area contributed by atoms with Crippen LogP contribution in [0.4, 0.5) is 0 Å². The average molecular weight is 239 g/mol. The molecule has 1 amide bonds. The van der Waals surface area contributed by atoms with Crippen LogP contribution in [-0.2, 0) is 4.79 Å². The minimum absolute atomic E-state index is 0.0684. The molecule has 0 saturated heterocycles. The number of carbonyl (C=O) groups is 1. The Balaban J connectivity index is 4.25. The molecule has 0 aliphatic carbocycles. The maximum atomic E-state index is 11.9. The van der Waals surface area contributed by atoms with Crippen molar-refractivity contribution in [2.75, 3.05) is 27.2 Å². The van der Waals surface area contributed by atoms with Crippen LogP contribution in [-0.4, -0.2) is 48.9 Å². The summed E-state index contributed by atoms with van der Waals surface area (Å²) >= 11 is 0. The van der Waals surface area contributed by atoms with Crippen molar-refractivity contribution in [3.05, 3.63) is 0 Å². The monoisotopic (exact) mass is 239 g/mol. The fourth-order valence-electron chi connectivity index (χ4n) is 1.47. The van der Waals surface area contributed by atoms with Crippen molar-refractivity contribution in [3.63, 3.8) is 0 Å². The summed E-state index contributed by atoms with van der Waals surface area (Å²) in [5, 5.41) is 8.48. The molecule has 0 heterocycles. The van der Waals surface area contributed by atoms with Gasteiger partial charge in [0.15, 0.2) is 0 Å². The van der Waals surface area contributed by atoms with Gasteiger partial charge in [0, 0.05) is 19.6 Å². The van der Waals surface area contributed by atoms with Gasteiger partial charge in [-0.15, -0.1) is 0 Å². The predicted octanol–water partition coefficient (Wildman–Crippen LogP) is 1.72. The number of nitrogens with zero attached hydrogens (tertiary/aromatic N) is 3. The Morgan fingerprint density at radius 1 is 1.35 bits per heavy atom. The number of hydrogen-bond acceptors (Lipinski definition) is 3. The first-order chi connectivity index (χ1) is 7.70. The zero-order chi connectivity index (χ0) is 13.6. The second-order valence-electron chi connectivity index (χ2n) is 5.68. The van der Waals surface area contributed by atoms with Crippen molar-refractivity contribution >= 4 is 5.91 Å². The van der Waals surface area contributed by atoms with Crippen LogP contribution in [0.5, 0.6) is 0 Å². The van der Waals surface area contributed by atoms with Gasteiger partial charge >= 0.3 is 0 Å². The van der Waals surface area contributed by atoms with E-state index in [9.17, 15) is 4.79 Å². The molecule has 0 spiro atoms. The molecule has 0 aromatic rings. The molecule has 0 aromatic heterocycles.